The Labute approximate surface area is 123 Å². The minimum Gasteiger partial charge on any atom is -0.382 e. The lowest BCUT2D eigenvalue weighted by Gasteiger charge is -2.04. The molecule has 0 fully saturated rings. The summed E-state index contributed by atoms with van der Waals surface area (Å²) in [5.41, 5.74) is 1.01. The number of aliphatic hydroxyl groups excluding tert-OH is 1. The molecule has 0 amide bonds. The Morgan fingerprint density at radius 2 is 1.88 bits per heavy atom. The van der Waals surface area contributed by atoms with Crippen LogP contribution in [0.4, 0.5) is 0 Å². The highest BCUT2D eigenvalue weighted by Gasteiger charge is 2.18. The number of hydrogen-bond acceptors (Lipinski definition) is 3. The van der Waals surface area contributed by atoms with Crippen LogP contribution in [0, 0.1) is 6.92 Å². The van der Waals surface area contributed by atoms with E-state index in [4.69, 9.17) is 11.6 Å². The number of halogens is 3. The molecule has 1 unspecified atom stereocenters. The zero-order valence-electron chi connectivity index (χ0n) is 8.13. The molecule has 2 aromatic heterocycles. The molecule has 1 atom stereocenters. The van der Waals surface area contributed by atoms with Crippen LogP contribution in [0.2, 0.25) is 4.34 Å². The van der Waals surface area contributed by atoms with Crippen molar-refractivity contribution in [3.63, 3.8) is 0 Å². The number of aliphatic hydroxyl groups is 1. The molecule has 0 aromatic carbocycles. The maximum Gasteiger partial charge on any atom is 0.122 e. The highest BCUT2D eigenvalue weighted by molar-refractivity contribution is 9.13. The highest BCUT2D eigenvalue weighted by Crippen LogP contribution is 2.40. The van der Waals surface area contributed by atoms with E-state index in [0.717, 1.165) is 27.9 Å². The second-order valence-electron chi connectivity index (χ2n) is 3.28. The van der Waals surface area contributed by atoms with E-state index < -0.39 is 6.10 Å². The van der Waals surface area contributed by atoms with Gasteiger partial charge in [0.2, 0.25) is 0 Å². The maximum atomic E-state index is 10.2. The molecule has 0 saturated carbocycles. The second-order valence-corrected chi connectivity index (χ2v) is 8.22. The van der Waals surface area contributed by atoms with Crippen LogP contribution in [0.15, 0.2) is 20.4 Å². The van der Waals surface area contributed by atoms with Gasteiger partial charge >= 0.3 is 0 Å². The first kappa shape index (κ1) is 13.1. The fourth-order valence-corrected chi connectivity index (χ4v) is 4.65. The minimum atomic E-state index is -0.594. The molecule has 0 spiro atoms. The monoisotopic (exact) mass is 400 g/mol. The summed E-state index contributed by atoms with van der Waals surface area (Å²) >= 11 is 15.8. The van der Waals surface area contributed by atoms with Crippen LogP contribution >= 0.6 is 66.1 Å². The zero-order chi connectivity index (χ0) is 11.9. The van der Waals surface area contributed by atoms with Crippen LogP contribution in [0.3, 0.4) is 0 Å². The van der Waals surface area contributed by atoms with Crippen LogP contribution in [0.1, 0.15) is 21.4 Å². The molecule has 0 aliphatic rings. The number of aryl methyl sites for hydroxylation is 1. The number of thiophene rings is 2. The fraction of sp³-hybridized carbons (Fsp3) is 0.200. The zero-order valence-corrected chi connectivity index (χ0v) is 13.7. The van der Waals surface area contributed by atoms with E-state index in [-0.39, 0.29) is 0 Å². The lowest BCUT2D eigenvalue weighted by molar-refractivity contribution is 0.228. The Bertz CT molecular complexity index is 436. The molecule has 16 heavy (non-hydrogen) atoms. The summed E-state index contributed by atoms with van der Waals surface area (Å²) in [5, 5.41) is 10.2. The van der Waals surface area contributed by atoms with Crippen molar-refractivity contribution in [2.24, 2.45) is 0 Å². The van der Waals surface area contributed by atoms with Crippen LogP contribution < -0.4 is 0 Å². The molecule has 1 nitrogen and oxygen atoms in total. The predicted molar refractivity (Wildman–Crippen MR) is 77.8 cm³/mol. The van der Waals surface area contributed by atoms with Crippen molar-refractivity contribution in [1.29, 1.82) is 0 Å². The summed E-state index contributed by atoms with van der Waals surface area (Å²) in [4.78, 5) is 1.78. The summed E-state index contributed by atoms with van der Waals surface area (Å²) in [6.45, 7) is 1.94. The van der Waals surface area contributed by atoms with E-state index in [1.165, 1.54) is 22.7 Å². The maximum absolute atomic E-state index is 10.2. The topological polar surface area (TPSA) is 20.2 Å². The quantitative estimate of drug-likeness (QED) is 0.715. The SMILES string of the molecule is Cc1cc(C(O)c2cc(Br)c(Br)s2)sc1Cl. The molecule has 1 N–H and O–H groups in total. The fourth-order valence-electron chi connectivity index (χ4n) is 1.26. The van der Waals surface area contributed by atoms with Gasteiger partial charge in [-0.3, -0.25) is 0 Å². The average molecular weight is 403 g/mol. The molecule has 2 heterocycles. The van der Waals surface area contributed by atoms with Crippen molar-refractivity contribution in [3.05, 3.63) is 40.0 Å². The lowest BCUT2D eigenvalue weighted by Crippen LogP contribution is -1.92. The Hall–Kier alpha value is 0.610. The first-order valence-corrected chi connectivity index (χ1v) is 7.97. The molecule has 6 heteroatoms. The molecule has 0 saturated heterocycles. The van der Waals surface area contributed by atoms with Gasteiger partial charge in [0.25, 0.3) is 0 Å². The van der Waals surface area contributed by atoms with Gasteiger partial charge in [-0.25, -0.2) is 0 Å². The van der Waals surface area contributed by atoms with Gasteiger partial charge in [-0.05, 0) is 56.5 Å². The smallest absolute Gasteiger partial charge is 0.122 e. The largest absolute Gasteiger partial charge is 0.382 e. The van der Waals surface area contributed by atoms with Crippen LogP contribution in [0.25, 0.3) is 0 Å². The Morgan fingerprint density at radius 3 is 2.31 bits per heavy atom. The van der Waals surface area contributed by atoms with E-state index >= 15 is 0 Å². The van der Waals surface area contributed by atoms with E-state index in [2.05, 4.69) is 31.9 Å². The first-order chi connectivity index (χ1) is 7.49. The van der Waals surface area contributed by atoms with Crippen molar-refractivity contribution < 1.29 is 5.11 Å². The number of rotatable bonds is 2. The molecular weight excluding hydrogens is 396 g/mol. The minimum absolute atomic E-state index is 0.594. The summed E-state index contributed by atoms with van der Waals surface area (Å²) in [5.74, 6) is 0. The average Bonchev–Trinajstić information content (AvgIpc) is 2.72. The summed E-state index contributed by atoms with van der Waals surface area (Å²) in [6, 6.07) is 3.85. The molecule has 0 aliphatic heterocycles. The van der Waals surface area contributed by atoms with E-state index in [1.807, 2.05) is 19.1 Å². The third kappa shape index (κ3) is 2.54. The van der Waals surface area contributed by atoms with Gasteiger partial charge in [0.05, 0.1) is 8.12 Å². The van der Waals surface area contributed by atoms with Gasteiger partial charge < -0.3 is 5.11 Å². The molecule has 0 radical (unpaired) electrons. The van der Waals surface area contributed by atoms with Crippen molar-refractivity contribution in [3.8, 4) is 0 Å². The van der Waals surface area contributed by atoms with Crippen molar-refractivity contribution in [2.75, 3.05) is 0 Å². The van der Waals surface area contributed by atoms with Gasteiger partial charge in [-0.2, -0.15) is 0 Å². The summed E-state index contributed by atoms with van der Waals surface area (Å²) in [7, 11) is 0. The predicted octanol–water partition coefficient (Wildman–Crippen LogP) is 5.38. The standard InChI is InChI=1S/C10H7Br2ClOS2/c1-4-2-6(16-10(4)13)8(14)7-3-5(11)9(12)15-7/h2-3,8,14H,1H3. The Morgan fingerprint density at radius 1 is 1.25 bits per heavy atom. The van der Waals surface area contributed by atoms with Crippen LogP contribution in [0.5, 0.6) is 0 Å². The molecule has 2 rings (SSSR count). The molecule has 0 aliphatic carbocycles. The van der Waals surface area contributed by atoms with Gasteiger partial charge in [-0.1, -0.05) is 11.6 Å². The van der Waals surface area contributed by atoms with Gasteiger partial charge in [-0.15, -0.1) is 22.7 Å². The second kappa shape index (κ2) is 5.08. The van der Waals surface area contributed by atoms with E-state index in [0.29, 0.717) is 0 Å². The van der Waals surface area contributed by atoms with Crippen LogP contribution in [-0.4, -0.2) is 5.11 Å². The normalized spacial score (nSPS) is 13.1. The van der Waals surface area contributed by atoms with Crippen molar-refractivity contribution in [1.82, 2.24) is 0 Å². The number of hydrogen-bond donors (Lipinski definition) is 1. The summed E-state index contributed by atoms with van der Waals surface area (Å²) in [6.07, 6.45) is -0.594. The van der Waals surface area contributed by atoms with Gasteiger partial charge in [0.1, 0.15) is 6.10 Å². The molecule has 86 valence electrons. The third-order valence-corrected chi connectivity index (χ3v) is 7.00. The molecular formula is C10H7Br2ClOS2. The van der Waals surface area contributed by atoms with Gasteiger partial charge in [0, 0.05) is 14.2 Å². The van der Waals surface area contributed by atoms with Gasteiger partial charge in [0.15, 0.2) is 0 Å². The van der Waals surface area contributed by atoms with E-state index in [1.54, 1.807) is 0 Å². The Kier molecular flexibility index (Phi) is 4.14. The first-order valence-electron chi connectivity index (χ1n) is 4.37. The van der Waals surface area contributed by atoms with E-state index in [9.17, 15) is 5.11 Å². The molecule has 2 aromatic rings. The molecule has 0 bridgehead atoms. The van der Waals surface area contributed by atoms with Crippen LogP contribution in [-0.2, 0) is 0 Å². The van der Waals surface area contributed by atoms with Crippen molar-refractivity contribution in [2.45, 2.75) is 13.0 Å². The lowest BCUT2D eigenvalue weighted by atomic mass is 10.2. The Balaban J connectivity index is 2.34. The summed E-state index contributed by atoms with van der Waals surface area (Å²) < 4.78 is 2.69. The third-order valence-electron chi connectivity index (χ3n) is 2.08. The highest BCUT2D eigenvalue weighted by atomic mass is 79.9. The van der Waals surface area contributed by atoms with Crippen molar-refractivity contribution >= 4 is 66.1 Å².